The predicted octanol–water partition coefficient (Wildman–Crippen LogP) is 4.07. The summed E-state index contributed by atoms with van der Waals surface area (Å²) in [5.74, 6) is -1.16. The monoisotopic (exact) mass is 504 g/mol. The van der Waals surface area contributed by atoms with Crippen LogP contribution in [0.4, 0.5) is 18.9 Å². The van der Waals surface area contributed by atoms with Gasteiger partial charge in [0.05, 0.1) is 10.8 Å². The average Bonchev–Trinajstić information content (AvgIpc) is 2.65. The van der Waals surface area contributed by atoms with Crippen LogP contribution in [-0.4, -0.2) is 17.1 Å². The number of nitrogens with zero attached hydrogens (tertiary/aromatic N) is 2. The van der Waals surface area contributed by atoms with Gasteiger partial charge in [0.15, 0.2) is 0 Å². The van der Waals surface area contributed by atoms with Crippen molar-refractivity contribution >= 4 is 33.4 Å². The van der Waals surface area contributed by atoms with Crippen LogP contribution < -0.4 is 4.90 Å². The van der Waals surface area contributed by atoms with Gasteiger partial charge >= 0.3 is 6.18 Å². The fourth-order valence-electron chi connectivity index (χ4n) is 2.88. The molecule has 0 N–H and O–H groups in total. The molecular formula is C17H15BrF3N2O2Y-. The Morgan fingerprint density at radius 3 is 2.27 bits per heavy atom. The van der Waals surface area contributed by atoms with Gasteiger partial charge in [-0.3, -0.25) is 14.5 Å². The first-order valence-corrected chi connectivity index (χ1v) is 8.52. The van der Waals surface area contributed by atoms with E-state index in [2.05, 4.69) is 15.9 Å². The molecule has 1 aliphatic rings. The molecule has 9 heteroatoms. The number of benzene rings is 1. The van der Waals surface area contributed by atoms with Crippen molar-refractivity contribution in [2.75, 3.05) is 10.2 Å². The van der Waals surface area contributed by atoms with Gasteiger partial charge in [-0.25, -0.2) is 5.26 Å². The minimum atomic E-state index is -4.82. The molecule has 0 aliphatic carbocycles. The second-order valence-corrected chi connectivity index (χ2v) is 7.38. The zero-order valence-corrected chi connectivity index (χ0v) is 18.8. The second kappa shape index (κ2) is 7.69. The number of carbonyl (C=O) groups is 2. The summed E-state index contributed by atoms with van der Waals surface area (Å²) in [6.07, 6.45) is -4.47. The van der Waals surface area contributed by atoms with E-state index >= 15 is 0 Å². The quantitative estimate of drug-likeness (QED) is 0.354. The molecule has 0 bridgehead atoms. The van der Waals surface area contributed by atoms with E-state index in [-0.39, 0.29) is 38.4 Å². The van der Waals surface area contributed by atoms with Crippen molar-refractivity contribution in [2.24, 2.45) is 10.8 Å². The van der Waals surface area contributed by atoms with Crippen LogP contribution in [-0.2, 0) is 48.5 Å². The number of anilines is 1. The van der Waals surface area contributed by atoms with Crippen molar-refractivity contribution in [3.8, 4) is 6.07 Å². The van der Waals surface area contributed by atoms with Crippen LogP contribution >= 0.6 is 15.9 Å². The predicted molar refractivity (Wildman–Crippen MR) is 87.8 cm³/mol. The zero-order chi connectivity index (χ0) is 19.2. The Kier molecular flexibility index (Phi) is 6.88. The van der Waals surface area contributed by atoms with Gasteiger partial charge in [-0.1, -0.05) is 21.6 Å². The van der Waals surface area contributed by atoms with Crippen LogP contribution in [0.1, 0.15) is 38.3 Å². The van der Waals surface area contributed by atoms with Gasteiger partial charge in [0.2, 0.25) is 11.8 Å². The van der Waals surface area contributed by atoms with E-state index in [1.54, 1.807) is 20.8 Å². The van der Waals surface area contributed by atoms with Crippen molar-refractivity contribution in [1.82, 2.24) is 0 Å². The molecule has 2 rings (SSSR count). The van der Waals surface area contributed by atoms with Crippen LogP contribution in [0.2, 0.25) is 0 Å². The van der Waals surface area contributed by atoms with Crippen molar-refractivity contribution < 1.29 is 55.5 Å². The summed E-state index contributed by atoms with van der Waals surface area (Å²) in [6.45, 7) is 4.83. The Hall–Kier alpha value is -0.776. The molecule has 1 atom stereocenters. The average molecular weight is 505 g/mol. The molecule has 26 heavy (non-hydrogen) atoms. The van der Waals surface area contributed by atoms with Gasteiger partial charge in [-0.15, -0.1) is 12.1 Å². The van der Waals surface area contributed by atoms with E-state index in [0.29, 0.717) is 11.8 Å². The van der Waals surface area contributed by atoms with E-state index in [4.69, 9.17) is 5.26 Å². The molecule has 1 radical (unpaired) electrons. The number of halogens is 4. The summed E-state index contributed by atoms with van der Waals surface area (Å²) >= 11 is 3.25. The van der Waals surface area contributed by atoms with E-state index in [1.165, 1.54) is 6.07 Å². The summed E-state index contributed by atoms with van der Waals surface area (Å²) in [6, 6.07) is 5.58. The molecule has 1 aromatic rings. The number of amides is 2. The minimum absolute atomic E-state index is 0. The smallest absolute Gasteiger partial charge is 0.274 e. The second-order valence-electron chi connectivity index (χ2n) is 6.58. The molecule has 1 unspecified atom stereocenters. The molecule has 0 aromatic heterocycles. The number of alkyl halides is 4. The third-order valence-electron chi connectivity index (χ3n) is 4.96. The molecule has 1 aliphatic heterocycles. The van der Waals surface area contributed by atoms with Gasteiger partial charge in [-0.2, -0.15) is 19.2 Å². The van der Waals surface area contributed by atoms with Gasteiger partial charge in [0.25, 0.3) is 0 Å². The van der Waals surface area contributed by atoms with Gasteiger partial charge in [-0.05, 0) is 38.3 Å². The fraction of sp³-hybridized carbons (Fsp3) is 0.471. The third-order valence-corrected chi connectivity index (χ3v) is 5.36. The first-order valence-electron chi connectivity index (χ1n) is 7.40. The van der Waals surface area contributed by atoms with Crippen LogP contribution in [0.5, 0.6) is 0 Å². The van der Waals surface area contributed by atoms with Crippen LogP contribution in [0.3, 0.4) is 0 Å². The van der Waals surface area contributed by atoms with Crippen LogP contribution in [0.15, 0.2) is 12.1 Å². The van der Waals surface area contributed by atoms with Crippen molar-refractivity contribution in [2.45, 2.75) is 33.4 Å². The Morgan fingerprint density at radius 1 is 1.23 bits per heavy atom. The maximum absolute atomic E-state index is 13.1. The van der Waals surface area contributed by atoms with E-state index < -0.39 is 39.9 Å². The molecular weight excluding hydrogens is 490 g/mol. The Bertz CT molecular complexity index is 789. The normalized spacial score (nSPS) is 22.2. The van der Waals surface area contributed by atoms with Crippen molar-refractivity contribution in [1.29, 1.82) is 5.26 Å². The van der Waals surface area contributed by atoms with Gasteiger partial charge in [0.1, 0.15) is 0 Å². The number of nitriles is 1. The summed E-state index contributed by atoms with van der Waals surface area (Å²) in [4.78, 5) is 26.4. The van der Waals surface area contributed by atoms with Crippen molar-refractivity contribution in [3.63, 3.8) is 0 Å². The topological polar surface area (TPSA) is 61.2 Å². The van der Waals surface area contributed by atoms with Crippen LogP contribution in [0.25, 0.3) is 0 Å². The molecule has 0 saturated carbocycles. The number of hydrogen-bond acceptors (Lipinski definition) is 3. The summed E-state index contributed by atoms with van der Waals surface area (Å²) in [5, 5.41) is 9.32. The molecule has 137 valence electrons. The van der Waals surface area contributed by atoms with Crippen LogP contribution in [0, 0.1) is 28.2 Å². The minimum Gasteiger partial charge on any atom is -0.274 e. The number of carbonyl (C=O) groups excluding carboxylic acids is 2. The summed E-state index contributed by atoms with van der Waals surface area (Å²) in [7, 11) is 0. The zero-order valence-electron chi connectivity index (χ0n) is 14.4. The fourth-order valence-corrected chi connectivity index (χ4v) is 3.67. The van der Waals surface area contributed by atoms with Crippen molar-refractivity contribution in [3.05, 3.63) is 29.3 Å². The molecule has 1 fully saturated rings. The molecule has 1 aromatic carbocycles. The standard InChI is InChI=1S/C17H15BrF3N2O2.Y/c1-15(2)13(24)23(14(25)16(15,3)6-7-18)11-5-4-10(9-22)12(8-11)17(19,20)21;/h4-5H,6-7H2,1-3H3;/q-1;. The largest absolute Gasteiger partial charge is 0.395 e. The SMILES string of the molecule is CC1(C)C(=O)N(c2[c-]c(C(F)(F)F)c(C#N)cc2)C(=O)C1(C)CCBr.[Y]. The molecule has 1 heterocycles. The summed E-state index contributed by atoms with van der Waals surface area (Å²) < 4.78 is 39.4. The maximum atomic E-state index is 13.1. The van der Waals surface area contributed by atoms with Gasteiger partial charge in [0, 0.05) is 44.1 Å². The van der Waals surface area contributed by atoms with E-state index in [0.717, 1.165) is 17.0 Å². The van der Waals surface area contributed by atoms with Gasteiger partial charge < -0.3 is 0 Å². The Balaban J connectivity index is 0.00000338. The molecule has 4 nitrogen and oxygen atoms in total. The third kappa shape index (κ3) is 3.50. The summed E-state index contributed by atoms with van der Waals surface area (Å²) in [5.41, 5.74) is -4.35. The number of imide groups is 1. The Morgan fingerprint density at radius 2 is 1.81 bits per heavy atom. The first-order chi connectivity index (χ1) is 11.4. The first kappa shape index (κ1) is 23.3. The molecule has 1 saturated heterocycles. The number of rotatable bonds is 3. The van der Waals surface area contributed by atoms with E-state index in [9.17, 15) is 22.8 Å². The maximum Gasteiger partial charge on any atom is 0.395 e. The number of hydrogen-bond donors (Lipinski definition) is 0. The molecule has 0 spiro atoms. The molecule has 2 amide bonds. The van der Waals surface area contributed by atoms with E-state index in [1.807, 2.05) is 6.07 Å². The Labute approximate surface area is 183 Å².